The Hall–Kier alpha value is -0.610. The van der Waals surface area contributed by atoms with Crippen LogP contribution in [0.4, 0.5) is 0 Å². The van der Waals surface area contributed by atoms with E-state index in [1.165, 1.54) is 26.4 Å². The molecule has 0 radical (unpaired) electrons. The number of hydrogen-bond acceptors (Lipinski definition) is 4. The molecule has 1 aliphatic carbocycles. The Bertz CT molecular complexity index is 168. The van der Waals surface area contributed by atoms with E-state index in [0.717, 1.165) is 0 Å². The van der Waals surface area contributed by atoms with Gasteiger partial charge in [-0.15, -0.1) is 0 Å². The molecule has 2 N–H and O–H groups in total. The lowest BCUT2D eigenvalue weighted by atomic mass is 9.93. The van der Waals surface area contributed by atoms with Crippen molar-refractivity contribution in [3.8, 4) is 0 Å². The van der Waals surface area contributed by atoms with E-state index >= 15 is 0 Å². The highest BCUT2D eigenvalue weighted by molar-refractivity contribution is 5.69. The van der Waals surface area contributed by atoms with E-state index in [1.54, 1.807) is 0 Å². The summed E-state index contributed by atoms with van der Waals surface area (Å²) < 4.78 is 4.44. The van der Waals surface area contributed by atoms with E-state index < -0.39 is 6.10 Å². The van der Waals surface area contributed by atoms with E-state index in [2.05, 4.69) is 10.1 Å². The summed E-state index contributed by atoms with van der Waals surface area (Å²) in [6.45, 7) is 0.486. The maximum Gasteiger partial charge on any atom is 0.308 e. The predicted molar refractivity (Wildman–Crippen MR) is 48.3 cm³/mol. The van der Waals surface area contributed by atoms with Gasteiger partial charge in [0.05, 0.1) is 19.6 Å². The summed E-state index contributed by atoms with van der Waals surface area (Å²) in [6, 6.07) is 0.548. The number of rotatable bonds is 5. The van der Waals surface area contributed by atoms with Crippen molar-refractivity contribution in [1.29, 1.82) is 0 Å². The lowest BCUT2D eigenvalue weighted by Gasteiger charge is -2.27. The molecule has 76 valence electrons. The third-order valence-corrected chi connectivity index (χ3v) is 2.38. The van der Waals surface area contributed by atoms with Gasteiger partial charge in [-0.25, -0.2) is 0 Å². The Labute approximate surface area is 78.3 Å². The second-order valence-electron chi connectivity index (χ2n) is 3.47. The number of nitrogens with one attached hydrogen (secondary N) is 1. The SMILES string of the molecule is COC(=O)CC(O)CNC1CCC1. The van der Waals surface area contributed by atoms with Gasteiger partial charge in [0.25, 0.3) is 0 Å². The summed E-state index contributed by atoms with van der Waals surface area (Å²) in [5.74, 6) is -0.358. The van der Waals surface area contributed by atoms with Crippen LogP contribution in [0.5, 0.6) is 0 Å². The minimum absolute atomic E-state index is 0.0796. The zero-order valence-electron chi connectivity index (χ0n) is 7.95. The molecule has 0 bridgehead atoms. The maximum atomic E-state index is 10.7. The largest absolute Gasteiger partial charge is 0.469 e. The van der Waals surface area contributed by atoms with Crippen LogP contribution < -0.4 is 5.32 Å². The Morgan fingerprint density at radius 1 is 1.69 bits per heavy atom. The predicted octanol–water partition coefficient (Wildman–Crippen LogP) is 0.0525. The standard InChI is InChI=1S/C9H17NO3/c1-13-9(12)5-8(11)6-10-7-3-2-4-7/h7-8,10-11H,2-6H2,1H3. The van der Waals surface area contributed by atoms with Gasteiger partial charge in [0.1, 0.15) is 0 Å². The Morgan fingerprint density at radius 2 is 2.38 bits per heavy atom. The topological polar surface area (TPSA) is 58.6 Å². The normalized spacial score (nSPS) is 19.2. The van der Waals surface area contributed by atoms with Gasteiger partial charge >= 0.3 is 5.97 Å². The van der Waals surface area contributed by atoms with Crippen LogP contribution in [0.25, 0.3) is 0 Å². The summed E-state index contributed by atoms with van der Waals surface area (Å²) in [4.78, 5) is 10.7. The van der Waals surface area contributed by atoms with Crippen molar-refractivity contribution in [2.24, 2.45) is 0 Å². The molecule has 1 rings (SSSR count). The zero-order valence-corrected chi connectivity index (χ0v) is 7.95. The fraction of sp³-hybridized carbons (Fsp3) is 0.889. The number of hydrogen-bond donors (Lipinski definition) is 2. The highest BCUT2D eigenvalue weighted by atomic mass is 16.5. The molecule has 1 aliphatic rings. The van der Waals surface area contributed by atoms with Gasteiger partial charge < -0.3 is 15.2 Å². The number of carbonyl (C=O) groups excluding carboxylic acids is 1. The summed E-state index contributed by atoms with van der Waals surface area (Å²) in [6.07, 6.45) is 3.10. The van der Waals surface area contributed by atoms with Crippen molar-refractivity contribution >= 4 is 5.97 Å². The highest BCUT2D eigenvalue weighted by Crippen LogP contribution is 2.17. The van der Waals surface area contributed by atoms with E-state index in [4.69, 9.17) is 0 Å². The number of methoxy groups -OCH3 is 1. The summed E-state index contributed by atoms with van der Waals surface area (Å²) in [5, 5.41) is 12.5. The minimum atomic E-state index is -0.618. The van der Waals surface area contributed by atoms with Crippen molar-refractivity contribution in [3.05, 3.63) is 0 Å². The summed E-state index contributed by atoms with van der Waals surface area (Å²) >= 11 is 0. The number of aliphatic hydroxyl groups excluding tert-OH is 1. The molecule has 0 spiro atoms. The van der Waals surface area contributed by atoms with Gasteiger partial charge in [0.15, 0.2) is 0 Å². The van der Waals surface area contributed by atoms with Gasteiger partial charge in [0, 0.05) is 12.6 Å². The molecular formula is C9H17NO3. The summed E-state index contributed by atoms with van der Waals surface area (Å²) in [5.41, 5.74) is 0. The number of carbonyl (C=O) groups is 1. The lowest BCUT2D eigenvalue weighted by molar-refractivity contribution is -0.142. The van der Waals surface area contributed by atoms with Gasteiger partial charge in [-0.05, 0) is 12.8 Å². The second-order valence-corrected chi connectivity index (χ2v) is 3.47. The van der Waals surface area contributed by atoms with Crippen LogP contribution in [0.15, 0.2) is 0 Å². The van der Waals surface area contributed by atoms with Crippen molar-refractivity contribution in [1.82, 2.24) is 5.32 Å². The number of ether oxygens (including phenoxy) is 1. The molecule has 4 heteroatoms. The fourth-order valence-corrected chi connectivity index (χ4v) is 1.26. The molecule has 1 saturated carbocycles. The quantitative estimate of drug-likeness (QED) is 0.597. The van der Waals surface area contributed by atoms with E-state index in [-0.39, 0.29) is 12.4 Å². The van der Waals surface area contributed by atoms with Gasteiger partial charge in [0.2, 0.25) is 0 Å². The first-order valence-corrected chi connectivity index (χ1v) is 4.70. The van der Waals surface area contributed by atoms with Crippen LogP contribution in [-0.2, 0) is 9.53 Å². The average molecular weight is 187 g/mol. The first-order valence-electron chi connectivity index (χ1n) is 4.70. The third kappa shape index (κ3) is 3.74. The first-order chi connectivity index (χ1) is 6.22. The minimum Gasteiger partial charge on any atom is -0.469 e. The molecule has 0 saturated heterocycles. The van der Waals surface area contributed by atoms with Crippen molar-refractivity contribution in [2.45, 2.75) is 37.8 Å². The number of aliphatic hydroxyl groups is 1. The van der Waals surface area contributed by atoms with Gasteiger partial charge in [-0.3, -0.25) is 4.79 Å². The molecular weight excluding hydrogens is 170 g/mol. The molecule has 13 heavy (non-hydrogen) atoms. The Balaban J connectivity index is 2.02. The maximum absolute atomic E-state index is 10.7. The Kier molecular flexibility index (Phi) is 4.18. The van der Waals surface area contributed by atoms with E-state index in [0.29, 0.717) is 12.6 Å². The average Bonchev–Trinajstić information content (AvgIpc) is 2.01. The first kappa shape index (κ1) is 10.5. The monoisotopic (exact) mass is 187 g/mol. The van der Waals surface area contributed by atoms with Crippen molar-refractivity contribution in [3.63, 3.8) is 0 Å². The lowest BCUT2D eigenvalue weighted by Crippen LogP contribution is -2.40. The van der Waals surface area contributed by atoms with Crippen LogP contribution in [0, 0.1) is 0 Å². The second kappa shape index (κ2) is 5.19. The molecule has 1 unspecified atom stereocenters. The molecule has 0 heterocycles. The molecule has 0 aromatic carbocycles. The molecule has 0 aromatic rings. The van der Waals surface area contributed by atoms with Gasteiger partial charge in [-0.1, -0.05) is 6.42 Å². The summed E-state index contributed by atoms with van der Waals surface area (Å²) in [7, 11) is 1.33. The molecule has 1 atom stereocenters. The van der Waals surface area contributed by atoms with Crippen LogP contribution in [0.3, 0.4) is 0 Å². The Morgan fingerprint density at radius 3 is 2.85 bits per heavy atom. The van der Waals surface area contributed by atoms with Crippen molar-refractivity contribution in [2.75, 3.05) is 13.7 Å². The molecule has 4 nitrogen and oxygen atoms in total. The van der Waals surface area contributed by atoms with E-state index in [9.17, 15) is 9.90 Å². The van der Waals surface area contributed by atoms with Crippen LogP contribution in [0.1, 0.15) is 25.7 Å². The molecule has 0 aromatic heterocycles. The van der Waals surface area contributed by atoms with E-state index in [1.807, 2.05) is 0 Å². The zero-order chi connectivity index (χ0) is 9.68. The van der Waals surface area contributed by atoms with Crippen LogP contribution in [0.2, 0.25) is 0 Å². The van der Waals surface area contributed by atoms with Crippen LogP contribution in [-0.4, -0.2) is 36.9 Å². The third-order valence-electron chi connectivity index (χ3n) is 2.38. The van der Waals surface area contributed by atoms with Crippen molar-refractivity contribution < 1.29 is 14.6 Å². The highest BCUT2D eigenvalue weighted by Gasteiger charge is 2.18. The molecule has 0 aliphatic heterocycles. The smallest absolute Gasteiger partial charge is 0.308 e. The molecule has 1 fully saturated rings. The van der Waals surface area contributed by atoms with Crippen LogP contribution >= 0.6 is 0 Å². The molecule has 0 amide bonds. The fourth-order valence-electron chi connectivity index (χ4n) is 1.26. The van der Waals surface area contributed by atoms with Gasteiger partial charge in [-0.2, -0.15) is 0 Å². The number of esters is 1.